The molecule has 1 atom stereocenters. The third kappa shape index (κ3) is 2.26. The van der Waals surface area contributed by atoms with Gasteiger partial charge in [0.1, 0.15) is 0 Å². The zero-order valence-electron chi connectivity index (χ0n) is 9.49. The summed E-state index contributed by atoms with van der Waals surface area (Å²) < 4.78 is 0. The van der Waals surface area contributed by atoms with E-state index in [2.05, 4.69) is 0 Å². The summed E-state index contributed by atoms with van der Waals surface area (Å²) >= 11 is 0. The van der Waals surface area contributed by atoms with Crippen LogP contribution in [0.4, 0.5) is 0 Å². The van der Waals surface area contributed by atoms with Crippen LogP contribution in [0.3, 0.4) is 0 Å². The highest BCUT2D eigenvalue weighted by atomic mass is 16.2. The van der Waals surface area contributed by atoms with Gasteiger partial charge in [-0.1, -0.05) is 13.8 Å². The van der Waals surface area contributed by atoms with Crippen molar-refractivity contribution < 1.29 is 9.59 Å². The molecule has 0 aromatic heterocycles. The molecule has 0 aromatic rings. The Bertz CT molecular complexity index is 292. The third-order valence-electron chi connectivity index (χ3n) is 2.64. The number of imide groups is 1. The predicted molar refractivity (Wildman–Crippen MR) is 57.9 cm³/mol. The van der Waals surface area contributed by atoms with Crippen LogP contribution in [0.15, 0.2) is 12.2 Å². The second kappa shape index (κ2) is 4.14. The Morgan fingerprint density at radius 3 is 2.13 bits per heavy atom. The van der Waals surface area contributed by atoms with Gasteiger partial charge in [-0.3, -0.25) is 14.5 Å². The van der Waals surface area contributed by atoms with Crippen molar-refractivity contribution in [2.75, 3.05) is 6.54 Å². The summed E-state index contributed by atoms with van der Waals surface area (Å²) in [7, 11) is 0. The van der Waals surface area contributed by atoms with Gasteiger partial charge < -0.3 is 5.73 Å². The highest BCUT2D eigenvalue weighted by molar-refractivity contribution is 6.13. The van der Waals surface area contributed by atoms with Crippen LogP contribution in [0.2, 0.25) is 0 Å². The molecule has 0 bridgehead atoms. The fraction of sp³-hybridized carbons (Fsp3) is 0.636. The molecule has 84 valence electrons. The Morgan fingerprint density at radius 1 is 1.33 bits per heavy atom. The lowest BCUT2D eigenvalue weighted by Gasteiger charge is -2.37. The molecule has 4 heteroatoms. The second-order valence-corrected chi connectivity index (χ2v) is 4.64. The minimum absolute atomic E-state index is 0.256. The Labute approximate surface area is 90.1 Å². The number of rotatable bonds is 4. The van der Waals surface area contributed by atoms with E-state index < -0.39 is 5.54 Å². The monoisotopic (exact) mass is 210 g/mol. The average Bonchev–Trinajstić information content (AvgIpc) is 2.45. The fourth-order valence-corrected chi connectivity index (χ4v) is 2.08. The van der Waals surface area contributed by atoms with Crippen LogP contribution in [-0.4, -0.2) is 28.8 Å². The smallest absolute Gasteiger partial charge is 0.254 e. The van der Waals surface area contributed by atoms with Crippen LogP contribution < -0.4 is 5.73 Å². The highest BCUT2D eigenvalue weighted by Gasteiger charge is 2.39. The molecule has 0 spiro atoms. The van der Waals surface area contributed by atoms with Gasteiger partial charge in [0.25, 0.3) is 11.8 Å². The lowest BCUT2D eigenvalue weighted by molar-refractivity contribution is -0.143. The summed E-state index contributed by atoms with van der Waals surface area (Å²) in [5, 5.41) is 0. The van der Waals surface area contributed by atoms with E-state index in [1.54, 1.807) is 0 Å². The first-order chi connectivity index (χ1) is 6.90. The zero-order chi connectivity index (χ0) is 11.6. The van der Waals surface area contributed by atoms with Gasteiger partial charge in [-0.25, -0.2) is 0 Å². The van der Waals surface area contributed by atoms with Gasteiger partial charge in [0.15, 0.2) is 0 Å². The number of nitrogens with zero attached hydrogens (tertiary/aromatic N) is 1. The van der Waals surface area contributed by atoms with Crippen LogP contribution in [0, 0.1) is 5.92 Å². The summed E-state index contributed by atoms with van der Waals surface area (Å²) in [5.41, 5.74) is 5.12. The fourth-order valence-electron chi connectivity index (χ4n) is 2.08. The Kier molecular flexibility index (Phi) is 3.29. The normalized spacial score (nSPS) is 20.2. The maximum atomic E-state index is 11.5. The van der Waals surface area contributed by atoms with E-state index in [1.807, 2.05) is 20.8 Å². The van der Waals surface area contributed by atoms with Crippen molar-refractivity contribution in [3.63, 3.8) is 0 Å². The van der Waals surface area contributed by atoms with Crippen LogP contribution in [0.25, 0.3) is 0 Å². The van der Waals surface area contributed by atoms with Gasteiger partial charge >= 0.3 is 0 Å². The van der Waals surface area contributed by atoms with Crippen molar-refractivity contribution in [3.8, 4) is 0 Å². The van der Waals surface area contributed by atoms with Crippen molar-refractivity contribution in [3.05, 3.63) is 12.2 Å². The summed E-state index contributed by atoms with van der Waals surface area (Å²) in [6.07, 6.45) is 3.33. The standard InChI is InChI=1S/C11H18N2O2/c1-8(2)6-11(3,7-12)13-9(14)4-5-10(13)15/h4-5,8H,6-7,12H2,1-3H3. The number of hydrogen-bond acceptors (Lipinski definition) is 3. The van der Waals surface area contributed by atoms with Gasteiger partial charge in [0.05, 0.1) is 5.54 Å². The average molecular weight is 210 g/mol. The van der Waals surface area contributed by atoms with E-state index in [0.717, 1.165) is 6.42 Å². The number of hydrogen-bond donors (Lipinski definition) is 1. The molecule has 2 N–H and O–H groups in total. The minimum Gasteiger partial charge on any atom is -0.328 e. The van der Waals surface area contributed by atoms with Gasteiger partial charge in [-0.2, -0.15) is 0 Å². The van der Waals surface area contributed by atoms with Crippen LogP contribution in [-0.2, 0) is 9.59 Å². The maximum absolute atomic E-state index is 11.5. The first-order valence-electron chi connectivity index (χ1n) is 5.17. The van der Waals surface area contributed by atoms with Crippen molar-refractivity contribution in [2.24, 2.45) is 11.7 Å². The quantitative estimate of drug-likeness (QED) is 0.694. The lowest BCUT2D eigenvalue weighted by atomic mass is 9.89. The summed E-state index contributed by atoms with van der Waals surface area (Å²) in [5.74, 6) is -0.123. The topological polar surface area (TPSA) is 63.4 Å². The van der Waals surface area contributed by atoms with Crippen LogP contribution in [0.1, 0.15) is 27.2 Å². The molecular weight excluding hydrogens is 192 g/mol. The number of amides is 2. The molecule has 2 amide bonds. The second-order valence-electron chi connectivity index (χ2n) is 4.64. The van der Waals surface area contributed by atoms with Crippen molar-refractivity contribution in [1.82, 2.24) is 4.90 Å². The SMILES string of the molecule is CC(C)CC(C)(CN)N1C(=O)C=CC1=O. The van der Waals surface area contributed by atoms with Crippen LogP contribution in [0.5, 0.6) is 0 Å². The Balaban J connectivity index is 2.91. The zero-order valence-corrected chi connectivity index (χ0v) is 9.49. The molecule has 0 aromatic carbocycles. The van der Waals surface area contributed by atoms with E-state index in [9.17, 15) is 9.59 Å². The molecule has 4 nitrogen and oxygen atoms in total. The van der Waals surface area contributed by atoms with Gasteiger partial charge in [-0.15, -0.1) is 0 Å². The van der Waals surface area contributed by atoms with E-state index in [-0.39, 0.29) is 11.8 Å². The largest absolute Gasteiger partial charge is 0.328 e. The first-order valence-corrected chi connectivity index (χ1v) is 5.17. The third-order valence-corrected chi connectivity index (χ3v) is 2.64. The molecule has 0 aliphatic carbocycles. The highest BCUT2D eigenvalue weighted by Crippen LogP contribution is 2.26. The minimum atomic E-state index is -0.564. The number of carbonyl (C=O) groups excluding carboxylic acids is 2. The number of carbonyl (C=O) groups is 2. The summed E-state index contributed by atoms with van der Waals surface area (Å²) in [4.78, 5) is 24.3. The van der Waals surface area contributed by atoms with Gasteiger partial charge in [0.2, 0.25) is 0 Å². The summed E-state index contributed by atoms with van der Waals surface area (Å²) in [6.45, 7) is 6.25. The van der Waals surface area contributed by atoms with E-state index in [1.165, 1.54) is 17.1 Å². The van der Waals surface area contributed by atoms with Crippen molar-refractivity contribution >= 4 is 11.8 Å². The van der Waals surface area contributed by atoms with Crippen molar-refractivity contribution in [2.45, 2.75) is 32.7 Å². The molecule has 0 fully saturated rings. The summed E-state index contributed by atoms with van der Waals surface area (Å²) in [6, 6.07) is 0. The lowest BCUT2D eigenvalue weighted by Crippen LogP contribution is -2.55. The van der Waals surface area contributed by atoms with E-state index in [0.29, 0.717) is 12.5 Å². The maximum Gasteiger partial charge on any atom is 0.254 e. The van der Waals surface area contributed by atoms with Gasteiger partial charge in [0, 0.05) is 18.7 Å². The van der Waals surface area contributed by atoms with Crippen LogP contribution >= 0.6 is 0 Å². The Morgan fingerprint density at radius 2 is 1.80 bits per heavy atom. The molecule has 0 radical (unpaired) electrons. The Hall–Kier alpha value is -1.16. The molecule has 0 saturated carbocycles. The molecule has 1 aliphatic heterocycles. The molecule has 1 rings (SSSR count). The molecule has 0 saturated heterocycles. The van der Waals surface area contributed by atoms with Gasteiger partial charge in [-0.05, 0) is 19.3 Å². The van der Waals surface area contributed by atoms with Crippen molar-refractivity contribution in [1.29, 1.82) is 0 Å². The number of nitrogens with two attached hydrogens (primary N) is 1. The molecular formula is C11H18N2O2. The van der Waals surface area contributed by atoms with E-state index in [4.69, 9.17) is 5.73 Å². The first kappa shape index (κ1) is 11.9. The molecule has 15 heavy (non-hydrogen) atoms. The molecule has 1 heterocycles. The molecule has 1 unspecified atom stereocenters. The van der Waals surface area contributed by atoms with E-state index >= 15 is 0 Å². The predicted octanol–water partition coefficient (Wildman–Crippen LogP) is 0.675. The molecule has 1 aliphatic rings.